The minimum absolute atomic E-state index is 0.0245. The summed E-state index contributed by atoms with van der Waals surface area (Å²) >= 11 is 0. The molecule has 0 aliphatic carbocycles. The molecule has 6 heteroatoms. The van der Waals surface area contributed by atoms with E-state index in [0.717, 1.165) is 51.9 Å². The standard InChI is InChI=1S/C18H33N5O/c1-14(2)7-11-22(12-8-15(3)4)18(24)17-13-23(21-20-17)16-5-9-19-10-6-16/h13-16,19H,5-12H2,1-4H3. The van der Waals surface area contributed by atoms with E-state index in [2.05, 4.69) is 43.3 Å². The number of aromatic nitrogens is 3. The summed E-state index contributed by atoms with van der Waals surface area (Å²) < 4.78 is 1.89. The fourth-order valence-electron chi connectivity index (χ4n) is 2.93. The highest BCUT2D eigenvalue weighted by Crippen LogP contribution is 2.18. The molecule has 1 amide bonds. The molecule has 136 valence electrons. The largest absolute Gasteiger partial charge is 0.337 e. The summed E-state index contributed by atoms with van der Waals surface area (Å²) in [5.74, 6) is 1.20. The van der Waals surface area contributed by atoms with Crippen molar-refractivity contribution in [2.24, 2.45) is 11.8 Å². The van der Waals surface area contributed by atoms with Gasteiger partial charge in [0.25, 0.3) is 5.91 Å². The van der Waals surface area contributed by atoms with Crippen LogP contribution < -0.4 is 5.32 Å². The van der Waals surface area contributed by atoms with Crippen molar-refractivity contribution in [3.8, 4) is 0 Å². The van der Waals surface area contributed by atoms with Crippen molar-refractivity contribution >= 4 is 5.91 Å². The van der Waals surface area contributed by atoms with Crippen LogP contribution in [0.25, 0.3) is 0 Å². The molecule has 1 fully saturated rings. The van der Waals surface area contributed by atoms with E-state index in [1.54, 1.807) is 0 Å². The molecule has 0 saturated carbocycles. The van der Waals surface area contributed by atoms with Crippen LogP contribution in [0.2, 0.25) is 0 Å². The zero-order valence-electron chi connectivity index (χ0n) is 15.7. The Morgan fingerprint density at radius 1 is 1.21 bits per heavy atom. The molecule has 6 nitrogen and oxygen atoms in total. The fourth-order valence-corrected chi connectivity index (χ4v) is 2.93. The summed E-state index contributed by atoms with van der Waals surface area (Å²) in [6.07, 6.45) is 5.97. The highest BCUT2D eigenvalue weighted by molar-refractivity contribution is 5.91. The van der Waals surface area contributed by atoms with Crippen LogP contribution in [0, 0.1) is 11.8 Å². The second kappa shape index (κ2) is 9.16. The van der Waals surface area contributed by atoms with Gasteiger partial charge in [-0.1, -0.05) is 32.9 Å². The molecule has 1 aliphatic heterocycles. The molecule has 1 saturated heterocycles. The molecular formula is C18H33N5O. The normalized spacial score (nSPS) is 16.1. The van der Waals surface area contributed by atoms with Crippen molar-refractivity contribution in [3.05, 3.63) is 11.9 Å². The number of piperidine rings is 1. The van der Waals surface area contributed by atoms with Crippen LogP contribution in [0.4, 0.5) is 0 Å². The van der Waals surface area contributed by atoms with E-state index in [0.29, 0.717) is 23.6 Å². The van der Waals surface area contributed by atoms with Gasteiger partial charge < -0.3 is 10.2 Å². The Hall–Kier alpha value is -1.43. The Morgan fingerprint density at radius 3 is 2.33 bits per heavy atom. The van der Waals surface area contributed by atoms with Gasteiger partial charge in [0.2, 0.25) is 0 Å². The summed E-state index contributed by atoms with van der Waals surface area (Å²) in [4.78, 5) is 14.8. The van der Waals surface area contributed by atoms with Gasteiger partial charge in [-0.25, -0.2) is 4.68 Å². The Labute approximate surface area is 146 Å². The second-order valence-corrected chi connectivity index (χ2v) is 7.72. The van der Waals surface area contributed by atoms with Crippen LogP contribution >= 0.6 is 0 Å². The van der Waals surface area contributed by atoms with E-state index in [-0.39, 0.29) is 5.91 Å². The van der Waals surface area contributed by atoms with Crippen molar-refractivity contribution in [2.45, 2.75) is 59.4 Å². The lowest BCUT2D eigenvalue weighted by atomic mass is 10.1. The second-order valence-electron chi connectivity index (χ2n) is 7.72. The molecule has 0 unspecified atom stereocenters. The maximum absolute atomic E-state index is 12.9. The lowest BCUT2D eigenvalue weighted by Crippen LogP contribution is -2.34. The highest BCUT2D eigenvalue weighted by Gasteiger charge is 2.22. The first-order chi connectivity index (χ1) is 11.5. The first-order valence-electron chi connectivity index (χ1n) is 9.39. The Kier molecular flexibility index (Phi) is 7.21. The molecule has 0 aromatic carbocycles. The van der Waals surface area contributed by atoms with Crippen molar-refractivity contribution in [3.63, 3.8) is 0 Å². The number of carbonyl (C=O) groups excluding carboxylic acids is 1. The van der Waals surface area contributed by atoms with Crippen molar-refractivity contribution in [1.82, 2.24) is 25.2 Å². The van der Waals surface area contributed by atoms with Gasteiger partial charge in [-0.2, -0.15) is 0 Å². The number of carbonyl (C=O) groups is 1. The highest BCUT2D eigenvalue weighted by atomic mass is 16.2. The number of nitrogens with zero attached hydrogens (tertiary/aromatic N) is 4. The summed E-state index contributed by atoms with van der Waals surface area (Å²) in [6.45, 7) is 12.4. The molecular weight excluding hydrogens is 302 g/mol. The summed E-state index contributed by atoms with van der Waals surface area (Å²) in [7, 11) is 0. The van der Waals surface area contributed by atoms with Crippen molar-refractivity contribution in [1.29, 1.82) is 0 Å². The molecule has 1 aliphatic rings. The smallest absolute Gasteiger partial charge is 0.276 e. The predicted molar refractivity (Wildman–Crippen MR) is 96.0 cm³/mol. The van der Waals surface area contributed by atoms with Gasteiger partial charge >= 0.3 is 0 Å². The van der Waals surface area contributed by atoms with E-state index in [1.165, 1.54) is 0 Å². The molecule has 1 aromatic rings. The SMILES string of the molecule is CC(C)CCN(CCC(C)C)C(=O)c1cn(C2CCNCC2)nn1. The maximum atomic E-state index is 12.9. The number of hydrogen-bond acceptors (Lipinski definition) is 4. The third kappa shape index (κ3) is 5.58. The number of hydrogen-bond donors (Lipinski definition) is 1. The molecule has 1 N–H and O–H groups in total. The van der Waals surface area contributed by atoms with Crippen LogP contribution in [-0.4, -0.2) is 52.0 Å². The van der Waals surface area contributed by atoms with Gasteiger partial charge in [-0.3, -0.25) is 4.79 Å². The van der Waals surface area contributed by atoms with Gasteiger partial charge in [-0.15, -0.1) is 5.10 Å². The molecule has 0 spiro atoms. The first-order valence-corrected chi connectivity index (χ1v) is 9.39. The third-order valence-electron chi connectivity index (χ3n) is 4.65. The van der Waals surface area contributed by atoms with Crippen LogP contribution in [0.15, 0.2) is 6.20 Å². The Morgan fingerprint density at radius 2 is 1.79 bits per heavy atom. The Bertz CT molecular complexity index is 493. The van der Waals surface area contributed by atoms with Crippen molar-refractivity contribution < 1.29 is 4.79 Å². The zero-order valence-corrected chi connectivity index (χ0v) is 15.7. The lowest BCUT2D eigenvalue weighted by molar-refractivity contribution is 0.0734. The van der Waals surface area contributed by atoms with E-state index in [4.69, 9.17) is 0 Å². The molecule has 0 radical (unpaired) electrons. The van der Waals surface area contributed by atoms with Gasteiger partial charge in [0.1, 0.15) is 0 Å². The van der Waals surface area contributed by atoms with Gasteiger partial charge in [0.05, 0.1) is 12.2 Å². The minimum Gasteiger partial charge on any atom is -0.337 e. The van der Waals surface area contributed by atoms with E-state index < -0.39 is 0 Å². The first kappa shape index (κ1) is 18.9. The number of amides is 1. The molecule has 24 heavy (non-hydrogen) atoms. The van der Waals surface area contributed by atoms with Gasteiger partial charge in [0, 0.05) is 13.1 Å². The van der Waals surface area contributed by atoms with Gasteiger partial charge in [-0.05, 0) is 50.6 Å². The maximum Gasteiger partial charge on any atom is 0.276 e. The van der Waals surface area contributed by atoms with Crippen molar-refractivity contribution in [2.75, 3.05) is 26.2 Å². The summed E-state index contributed by atoms with van der Waals surface area (Å²) in [5, 5.41) is 11.7. The molecule has 0 bridgehead atoms. The molecule has 2 rings (SSSR count). The average Bonchev–Trinajstić information content (AvgIpc) is 3.04. The minimum atomic E-state index is 0.0245. The van der Waals surface area contributed by atoms with Crippen LogP contribution in [0.5, 0.6) is 0 Å². The summed E-state index contributed by atoms with van der Waals surface area (Å²) in [5.41, 5.74) is 0.487. The lowest BCUT2D eigenvalue weighted by Gasteiger charge is -2.24. The molecule has 2 heterocycles. The van der Waals surface area contributed by atoms with E-state index in [9.17, 15) is 4.79 Å². The molecule has 0 atom stereocenters. The van der Waals surface area contributed by atoms with Crippen LogP contribution in [0.1, 0.15) is 69.9 Å². The number of rotatable bonds is 8. The van der Waals surface area contributed by atoms with Crippen LogP contribution in [-0.2, 0) is 0 Å². The quantitative estimate of drug-likeness (QED) is 0.793. The van der Waals surface area contributed by atoms with Crippen LogP contribution in [0.3, 0.4) is 0 Å². The third-order valence-corrected chi connectivity index (χ3v) is 4.65. The average molecular weight is 335 g/mol. The fraction of sp³-hybridized carbons (Fsp3) is 0.833. The van der Waals surface area contributed by atoms with Gasteiger partial charge in [0.15, 0.2) is 5.69 Å². The zero-order chi connectivity index (χ0) is 17.5. The van der Waals surface area contributed by atoms with E-state index >= 15 is 0 Å². The predicted octanol–water partition coefficient (Wildman–Crippen LogP) is 2.74. The molecule has 1 aromatic heterocycles. The monoisotopic (exact) mass is 335 g/mol. The Balaban J connectivity index is 2.02. The number of nitrogens with one attached hydrogen (secondary N) is 1. The summed E-state index contributed by atoms with van der Waals surface area (Å²) in [6, 6.07) is 0.361. The van der Waals surface area contributed by atoms with E-state index in [1.807, 2.05) is 15.8 Å². The topological polar surface area (TPSA) is 63.1 Å².